The maximum absolute atomic E-state index is 12.0. The Kier molecular flexibility index (Phi) is 5.32. The minimum absolute atomic E-state index is 0.0367. The van der Waals surface area contributed by atoms with E-state index >= 15 is 0 Å². The molecule has 1 aliphatic rings. The number of amides is 2. The summed E-state index contributed by atoms with van der Waals surface area (Å²) in [5, 5.41) is 13.4. The Morgan fingerprint density at radius 1 is 1.33 bits per heavy atom. The van der Waals surface area contributed by atoms with Crippen molar-refractivity contribution in [1.29, 1.82) is 0 Å². The van der Waals surface area contributed by atoms with Crippen molar-refractivity contribution in [2.45, 2.75) is 19.3 Å². The molecular weight excluding hydrogens is 292 g/mol. The monoisotopic (exact) mass is 310 g/mol. The van der Waals surface area contributed by atoms with Crippen molar-refractivity contribution in [3.05, 3.63) is 22.4 Å². The van der Waals surface area contributed by atoms with E-state index in [1.807, 2.05) is 5.38 Å². The van der Waals surface area contributed by atoms with Crippen LogP contribution >= 0.6 is 11.3 Å². The molecule has 0 bridgehead atoms. The van der Waals surface area contributed by atoms with E-state index < -0.39 is 5.97 Å². The van der Waals surface area contributed by atoms with Gasteiger partial charge in [-0.3, -0.25) is 14.4 Å². The quantitative estimate of drug-likeness (QED) is 0.855. The standard InChI is InChI=1S/C14H18N2O4S/c17-12(16-7-4-10(5-8-16)14(19)20)3-6-15-13(18)11-2-1-9-21-11/h1-2,9-10H,3-8H2,(H,15,18)(H,19,20). The van der Waals surface area contributed by atoms with Gasteiger partial charge in [0, 0.05) is 26.1 Å². The number of rotatable bonds is 5. The molecule has 1 saturated heterocycles. The van der Waals surface area contributed by atoms with E-state index in [2.05, 4.69) is 5.32 Å². The molecular formula is C14H18N2O4S. The lowest BCUT2D eigenvalue weighted by Crippen LogP contribution is -2.41. The lowest BCUT2D eigenvalue weighted by molar-refractivity contribution is -0.145. The number of carbonyl (C=O) groups excluding carboxylic acids is 2. The fourth-order valence-corrected chi connectivity index (χ4v) is 2.95. The summed E-state index contributed by atoms with van der Waals surface area (Å²) < 4.78 is 0. The van der Waals surface area contributed by atoms with Gasteiger partial charge in [0.15, 0.2) is 0 Å². The molecule has 0 radical (unpaired) electrons. The summed E-state index contributed by atoms with van der Waals surface area (Å²) in [6.45, 7) is 1.26. The number of aliphatic carboxylic acids is 1. The Morgan fingerprint density at radius 2 is 2.05 bits per heavy atom. The third kappa shape index (κ3) is 4.29. The second kappa shape index (κ2) is 7.21. The molecule has 21 heavy (non-hydrogen) atoms. The zero-order chi connectivity index (χ0) is 15.2. The van der Waals surface area contributed by atoms with Crippen molar-refractivity contribution >= 4 is 29.1 Å². The fourth-order valence-electron chi connectivity index (χ4n) is 2.31. The Balaban J connectivity index is 1.68. The van der Waals surface area contributed by atoms with Crippen molar-refractivity contribution in [2.24, 2.45) is 5.92 Å². The highest BCUT2D eigenvalue weighted by Gasteiger charge is 2.26. The van der Waals surface area contributed by atoms with Crippen LogP contribution in [0.2, 0.25) is 0 Å². The summed E-state index contributed by atoms with van der Waals surface area (Å²) in [5.74, 6) is -1.33. The Labute approximate surface area is 126 Å². The van der Waals surface area contributed by atoms with Crippen molar-refractivity contribution < 1.29 is 19.5 Å². The van der Waals surface area contributed by atoms with Crippen molar-refractivity contribution in [1.82, 2.24) is 10.2 Å². The topological polar surface area (TPSA) is 86.7 Å². The molecule has 2 heterocycles. The van der Waals surface area contributed by atoms with E-state index in [9.17, 15) is 14.4 Å². The zero-order valence-corrected chi connectivity index (χ0v) is 12.4. The first kappa shape index (κ1) is 15.5. The minimum atomic E-state index is -0.787. The maximum atomic E-state index is 12.0. The van der Waals surface area contributed by atoms with Gasteiger partial charge in [0.05, 0.1) is 10.8 Å². The second-order valence-electron chi connectivity index (χ2n) is 4.98. The van der Waals surface area contributed by atoms with E-state index in [0.717, 1.165) is 0 Å². The number of carboxylic acid groups (broad SMARTS) is 1. The normalized spacial score (nSPS) is 15.7. The van der Waals surface area contributed by atoms with Crippen LogP contribution in [-0.2, 0) is 9.59 Å². The molecule has 0 aliphatic carbocycles. The molecule has 7 heteroatoms. The maximum Gasteiger partial charge on any atom is 0.306 e. The molecule has 6 nitrogen and oxygen atoms in total. The molecule has 1 aromatic rings. The minimum Gasteiger partial charge on any atom is -0.481 e. The molecule has 0 atom stereocenters. The Morgan fingerprint density at radius 3 is 2.62 bits per heavy atom. The summed E-state index contributed by atoms with van der Waals surface area (Å²) in [6.07, 6.45) is 1.25. The predicted octanol–water partition coefficient (Wildman–Crippen LogP) is 1.19. The average molecular weight is 310 g/mol. The van der Waals surface area contributed by atoms with Crippen LogP contribution in [-0.4, -0.2) is 47.4 Å². The van der Waals surface area contributed by atoms with Crippen molar-refractivity contribution in [2.75, 3.05) is 19.6 Å². The molecule has 2 N–H and O–H groups in total. The SMILES string of the molecule is O=C(NCCC(=O)N1CCC(C(=O)O)CC1)c1cccs1. The number of carbonyl (C=O) groups is 3. The molecule has 2 rings (SSSR count). The third-order valence-electron chi connectivity index (χ3n) is 3.57. The van der Waals surface area contributed by atoms with Crippen LogP contribution < -0.4 is 5.32 Å². The smallest absolute Gasteiger partial charge is 0.306 e. The van der Waals surface area contributed by atoms with Crippen LogP contribution in [0.4, 0.5) is 0 Å². The molecule has 0 spiro atoms. The lowest BCUT2D eigenvalue weighted by Gasteiger charge is -2.30. The molecule has 0 unspecified atom stereocenters. The molecule has 114 valence electrons. The van der Waals surface area contributed by atoms with Gasteiger partial charge in [0.25, 0.3) is 5.91 Å². The number of piperidine rings is 1. The van der Waals surface area contributed by atoms with Crippen LogP contribution in [0.1, 0.15) is 28.9 Å². The van der Waals surface area contributed by atoms with E-state index in [-0.39, 0.29) is 24.2 Å². The van der Waals surface area contributed by atoms with Gasteiger partial charge in [-0.2, -0.15) is 0 Å². The summed E-state index contributed by atoms with van der Waals surface area (Å²) >= 11 is 1.36. The number of thiophene rings is 1. The van der Waals surface area contributed by atoms with E-state index in [1.54, 1.807) is 17.0 Å². The number of hydrogen-bond acceptors (Lipinski definition) is 4. The molecule has 2 amide bonds. The first-order valence-corrected chi connectivity index (χ1v) is 7.78. The molecule has 0 aromatic carbocycles. The van der Waals surface area contributed by atoms with Crippen LogP contribution in [0.5, 0.6) is 0 Å². The van der Waals surface area contributed by atoms with Crippen LogP contribution in [0.25, 0.3) is 0 Å². The number of hydrogen-bond donors (Lipinski definition) is 2. The van der Waals surface area contributed by atoms with Gasteiger partial charge in [-0.1, -0.05) is 6.07 Å². The molecule has 1 aliphatic heterocycles. The Bertz CT molecular complexity index is 507. The van der Waals surface area contributed by atoms with Gasteiger partial charge < -0.3 is 15.3 Å². The zero-order valence-electron chi connectivity index (χ0n) is 11.6. The number of likely N-dealkylation sites (tertiary alicyclic amines) is 1. The highest BCUT2D eigenvalue weighted by molar-refractivity contribution is 7.12. The largest absolute Gasteiger partial charge is 0.481 e. The van der Waals surface area contributed by atoms with Gasteiger partial charge in [-0.25, -0.2) is 0 Å². The van der Waals surface area contributed by atoms with Crippen molar-refractivity contribution in [3.8, 4) is 0 Å². The van der Waals surface area contributed by atoms with Gasteiger partial charge in [-0.15, -0.1) is 11.3 Å². The van der Waals surface area contributed by atoms with Gasteiger partial charge >= 0.3 is 5.97 Å². The van der Waals surface area contributed by atoms with Crippen LogP contribution in [0, 0.1) is 5.92 Å². The van der Waals surface area contributed by atoms with Crippen LogP contribution in [0.15, 0.2) is 17.5 Å². The second-order valence-corrected chi connectivity index (χ2v) is 5.92. The highest BCUT2D eigenvalue weighted by Crippen LogP contribution is 2.17. The van der Waals surface area contributed by atoms with Crippen LogP contribution in [0.3, 0.4) is 0 Å². The van der Waals surface area contributed by atoms with E-state index in [0.29, 0.717) is 37.4 Å². The molecule has 0 saturated carbocycles. The highest BCUT2D eigenvalue weighted by atomic mass is 32.1. The fraction of sp³-hybridized carbons (Fsp3) is 0.500. The Hall–Kier alpha value is -1.89. The molecule has 1 fully saturated rings. The van der Waals surface area contributed by atoms with Gasteiger partial charge in [0.1, 0.15) is 0 Å². The predicted molar refractivity (Wildman–Crippen MR) is 78.2 cm³/mol. The summed E-state index contributed by atoms with van der Waals surface area (Å²) in [6, 6.07) is 3.54. The van der Waals surface area contributed by atoms with E-state index in [1.165, 1.54) is 11.3 Å². The average Bonchev–Trinajstić information content (AvgIpc) is 3.01. The molecule has 1 aromatic heterocycles. The summed E-state index contributed by atoms with van der Waals surface area (Å²) in [7, 11) is 0. The number of carboxylic acids is 1. The first-order chi connectivity index (χ1) is 10.1. The summed E-state index contributed by atoms with van der Waals surface area (Å²) in [4.78, 5) is 36.8. The summed E-state index contributed by atoms with van der Waals surface area (Å²) in [5.41, 5.74) is 0. The third-order valence-corrected chi connectivity index (χ3v) is 4.43. The van der Waals surface area contributed by atoms with Gasteiger partial charge in [-0.05, 0) is 24.3 Å². The van der Waals surface area contributed by atoms with Crippen molar-refractivity contribution in [3.63, 3.8) is 0 Å². The lowest BCUT2D eigenvalue weighted by atomic mass is 9.97. The first-order valence-electron chi connectivity index (χ1n) is 6.90. The van der Waals surface area contributed by atoms with Gasteiger partial charge in [0.2, 0.25) is 5.91 Å². The number of nitrogens with zero attached hydrogens (tertiary/aromatic N) is 1. The number of nitrogens with one attached hydrogen (secondary N) is 1. The van der Waals surface area contributed by atoms with E-state index in [4.69, 9.17) is 5.11 Å².